The maximum atomic E-state index is 14.3. The molecule has 1 amide bonds. The molecule has 0 saturated heterocycles. The van der Waals surface area contributed by atoms with Crippen LogP contribution in [0.5, 0.6) is 11.6 Å². The van der Waals surface area contributed by atoms with Gasteiger partial charge in [0.25, 0.3) is 11.8 Å². The number of methoxy groups -OCH3 is 2. The molecule has 0 aliphatic rings. The summed E-state index contributed by atoms with van der Waals surface area (Å²) in [5, 5.41) is 6.28. The van der Waals surface area contributed by atoms with Crippen LogP contribution in [-0.4, -0.2) is 53.0 Å². The number of amides is 1. The molecule has 11 heteroatoms. The number of ether oxygens (including phenoxy) is 2. The number of halogens is 1. The molecule has 0 radical (unpaired) electrons. The summed E-state index contributed by atoms with van der Waals surface area (Å²) in [5.41, 5.74) is 2.95. The van der Waals surface area contributed by atoms with Crippen LogP contribution in [0.1, 0.15) is 28.1 Å². The Labute approximate surface area is 211 Å². The zero-order chi connectivity index (χ0) is 25.7. The second-order valence-electron chi connectivity index (χ2n) is 7.66. The monoisotopic (exact) mass is 508 g/mol. The first-order valence-corrected chi connectivity index (χ1v) is 12.1. The van der Waals surface area contributed by atoms with Gasteiger partial charge in [0.2, 0.25) is 0 Å². The van der Waals surface area contributed by atoms with E-state index in [1.165, 1.54) is 20.5 Å². The molecule has 4 aromatic rings. The molecule has 4 rings (SSSR count). The van der Waals surface area contributed by atoms with Crippen LogP contribution in [0.4, 0.5) is 10.2 Å². The standard InChI is InChI=1S/C25H25FN6O3S/c1-14(16-6-5-7-17-22(24(33)27-2)18(26)11-28-23(16)17)36-13-32-21-9-19(30-12-31-21)15-8-20(34-3)25(35-4)29-10-15/h5-12,14H,13H2,1-4H3,(H,27,33)(H,30,31,32)/t14-/m0/s1. The minimum Gasteiger partial charge on any atom is -0.491 e. The molecule has 0 bridgehead atoms. The Balaban J connectivity index is 1.49. The van der Waals surface area contributed by atoms with Gasteiger partial charge < -0.3 is 20.1 Å². The van der Waals surface area contributed by atoms with Gasteiger partial charge in [-0.2, -0.15) is 0 Å². The Hall–Kier alpha value is -3.99. The number of nitrogens with one attached hydrogen (secondary N) is 2. The number of carbonyl (C=O) groups is 1. The van der Waals surface area contributed by atoms with E-state index >= 15 is 0 Å². The predicted octanol–water partition coefficient (Wildman–Crippen LogP) is 4.47. The van der Waals surface area contributed by atoms with E-state index in [0.717, 1.165) is 17.3 Å². The van der Waals surface area contributed by atoms with Crippen LogP contribution in [0.25, 0.3) is 22.2 Å². The van der Waals surface area contributed by atoms with Crippen molar-refractivity contribution in [3.8, 4) is 22.9 Å². The average Bonchev–Trinajstić information content (AvgIpc) is 2.91. The molecule has 1 atom stereocenters. The molecular formula is C25H25FN6O3S. The topological polar surface area (TPSA) is 111 Å². The fourth-order valence-corrected chi connectivity index (χ4v) is 4.57. The molecule has 3 heterocycles. The van der Waals surface area contributed by atoms with E-state index in [-0.39, 0.29) is 10.8 Å². The Kier molecular flexibility index (Phi) is 7.79. The Morgan fingerprint density at radius 1 is 1.11 bits per heavy atom. The fourth-order valence-electron chi connectivity index (χ4n) is 3.72. The fraction of sp³-hybridized carbons (Fsp3) is 0.240. The van der Waals surface area contributed by atoms with Crippen LogP contribution in [0, 0.1) is 5.82 Å². The molecule has 0 aliphatic heterocycles. The molecule has 0 saturated carbocycles. The van der Waals surface area contributed by atoms with Gasteiger partial charge in [0.1, 0.15) is 12.1 Å². The normalized spacial score (nSPS) is 11.7. The maximum absolute atomic E-state index is 14.3. The summed E-state index contributed by atoms with van der Waals surface area (Å²) >= 11 is 1.62. The van der Waals surface area contributed by atoms with Crippen molar-refractivity contribution in [2.24, 2.45) is 0 Å². The van der Waals surface area contributed by atoms with E-state index in [4.69, 9.17) is 9.47 Å². The second-order valence-corrected chi connectivity index (χ2v) is 8.99. The van der Waals surface area contributed by atoms with Crippen molar-refractivity contribution in [3.63, 3.8) is 0 Å². The van der Waals surface area contributed by atoms with E-state index in [1.807, 2.05) is 25.1 Å². The lowest BCUT2D eigenvalue weighted by atomic mass is 10.0. The highest BCUT2D eigenvalue weighted by Gasteiger charge is 2.19. The average molecular weight is 509 g/mol. The van der Waals surface area contributed by atoms with Gasteiger partial charge in [0.05, 0.1) is 43.1 Å². The summed E-state index contributed by atoms with van der Waals surface area (Å²) in [4.78, 5) is 29.4. The SMILES string of the molecule is CNC(=O)c1c(F)cnc2c([C@H](C)SCNc3cc(-c4cnc(OC)c(OC)c4)ncn3)cccc12. The molecule has 1 aromatic carbocycles. The van der Waals surface area contributed by atoms with Gasteiger partial charge in [-0.1, -0.05) is 18.2 Å². The number of thioether (sulfide) groups is 1. The number of para-hydroxylation sites is 1. The predicted molar refractivity (Wildman–Crippen MR) is 138 cm³/mol. The zero-order valence-corrected chi connectivity index (χ0v) is 21.0. The highest BCUT2D eigenvalue weighted by molar-refractivity contribution is 7.99. The maximum Gasteiger partial charge on any atom is 0.256 e. The minimum atomic E-state index is -0.648. The van der Waals surface area contributed by atoms with Crippen LogP contribution in [-0.2, 0) is 0 Å². The third-order valence-corrected chi connectivity index (χ3v) is 6.62. The number of carbonyl (C=O) groups excluding carboxylic acids is 1. The van der Waals surface area contributed by atoms with Gasteiger partial charge in [-0.15, -0.1) is 11.8 Å². The number of benzene rings is 1. The van der Waals surface area contributed by atoms with Gasteiger partial charge in [-0.3, -0.25) is 9.78 Å². The van der Waals surface area contributed by atoms with E-state index in [0.29, 0.717) is 39.9 Å². The molecule has 9 nitrogen and oxygen atoms in total. The minimum absolute atomic E-state index is 0.00200. The van der Waals surface area contributed by atoms with Crippen molar-refractivity contribution in [1.82, 2.24) is 25.3 Å². The lowest BCUT2D eigenvalue weighted by Crippen LogP contribution is -2.20. The molecule has 2 N–H and O–H groups in total. The number of pyridine rings is 2. The van der Waals surface area contributed by atoms with Crippen molar-refractivity contribution < 1.29 is 18.7 Å². The molecule has 3 aromatic heterocycles. The third-order valence-electron chi connectivity index (χ3n) is 5.56. The van der Waals surface area contributed by atoms with Gasteiger partial charge in [-0.25, -0.2) is 19.3 Å². The van der Waals surface area contributed by atoms with Crippen molar-refractivity contribution in [3.05, 3.63) is 66.0 Å². The quantitative estimate of drug-likeness (QED) is 0.316. The Morgan fingerprint density at radius 3 is 2.69 bits per heavy atom. The molecule has 0 spiro atoms. The van der Waals surface area contributed by atoms with Crippen LogP contribution in [0.3, 0.4) is 0 Å². The number of nitrogens with zero attached hydrogens (tertiary/aromatic N) is 4. The highest BCUT2D eigenvalue weighted by atomic mass is 32.2. The van der Waals surface area contributed by atoms with Crippen LogP contribution < -0.4 is 20.1 Å². The van der Waals surface area contributed by atoms with Gasteiger partial charge in [-0.05, 0) is 18.6 Å². The summed E-state index contributed by atoms with van der Waals surface area (Å²) in [6, 6.07) is 9.08. The molecular weight excluding hydrogens is 483 g/mol. The lowest BCUT2D eigenvalue weighted by Gasteiger charge is -2.16. The first kappa shape index (κ1) is 25.1. The Morgan fingerprint density at radius 2 is 1.94 bits per heavy atom. The smallest absolute Gasteiger partial charge is 0.256 e. The largest absolute Gasteiger partial charge is 0.491 e. The molecule has 186 valence electrons. The highest BCUT2D eigenvalue weighted by Crippen LogP contribution is 2.34. The molecule has 36 heavy (non-hydrogen) atoms. The zero-order valence-electron chi connectivity index (χ0n) is 20.2. The number of rotatable bonds is 9. The summed E-state index contributed by atoms with van der Waals surface area (Å²) in [7, 11) is 4.56. The Bertz CT molecular complexity index is 1400. The van der Waals surface area contributed by atoms with Crippen molar-refractivity contribution in [1.29, 1.82) is 0 Å². The lowest BCUT2D eigenvalue weighted by molar-refractivity contribution is 0.0960. The van der Waals surface area contributed by atoms with Crippen molar-refractivity contribution in [2.45, 2.75) is 12.2 Å². The van der Waals surface area contributed by atoms with Crippen LogP contribution in [0.2, 0.25) is 0 Å². The van der Waals surface area contributed by atoms with Gasteiger partial charge >= 0.3 is 0 Å². The van der Waals surface area contributed by atoms with E-state index in [1.54, 1.807) is 37.2 Å². The van der Waals surface area contributed by atoms with Crippen molar-refractivity contribution >= 4 is 34.4 Å². The summed E-state index contributed by atoms with van der Waals surface area (Å²) in [6.07, 6.45) is 4.23. The van der Waals surface area contributed by atoms with Crippen molar-refractivity contribution in [2.75, 3.05) is 32.5 Å². The summed E-state index contributed by atoms with van der Waals surface area (Å²) in [5.74, 6) is 0.965. The number of fused-ring (bicyclic) bond motifs is 1. The summed E-state index contributed by atoms with van der Waals surface area (Å²) in [6.45, 7) is 2.03. The van der Waals surface area contributed by atoms with Crippen LogP contribution >= 0.6 is 11.8 Å². The van der Waals surface area contributed by atoms with Gasteiger partial charge in [0, 0.05) is 35.5 Å². The first-order chi connectivity index (χ1) is 17.5. The van der Waals surface area contributed by atoms with Gasteiger partial charge in [0.15, 0.2) is 11.6 Å². The number of aromatic nitrogens is 4. The molecule has 0 aliphatic carbocycles. The number of hydrogen-bond acceptors (Lipinski definition) is 9. The summed E-state index contributed by atoms with van der Waals surface area (Å²) < 4.78 is 24.9. The van der Waals surface area contributed by atoms with Crippen LogP contribution in [0.15, 0.2) is 49.1 Å². The first-order valence-electron chi connectivity index (χ1n) is 11.0. The van der Waals surface area contributed by atoms with E-state index in [9.17, 15) is 9.18 Å². The number of hydrogen-bond donors (Lipinski definition) is 2. The molecule has 0 fully saturated rings. The van der Waals surface area contributed by atoms with E-state index in [2.05, 4.69) is 30.6 Å². The number of anilines is 1. The second kappa shape index (κ2) is 11.2. The van der Waals surface area contributed by atoms with E-state index < -0.39 is 11.7 Å². The third kappa shape index (κ3) is 5.15. The molecule has 0 unspecified atom stereocenters.